The van der Waals surface area contributed by atoms with Crippen molar-refractivity contribution < 1.29 is 27.5 Å². The van der Waals surface area contributed by atoms with Crippen molar-refractivity contribution in [3.63, 3.8) is 0 Å². The van der Waals surface area contributed by atoms with Gasteiger partial charge in [-0.2, -0.15) is 0 Å². The van der Waals surface area contributed by atoms with Gasteiger partial charge in [0, 0.05) is 6.54 Å². The number of benzene rings is 3. The molecule has 0 bridgehead atoms. The first-order valence-corrected chi connectivity index (χ1v) is 16.0. The van der Waals surface area contributed by atoms with Crippen molar-refractivity contribution in [1.29, 1.82) is 0 Å². The summed E-state index contributed by atoms with van der Waals surface area (Å²) in [5.74, 6) is -1.87. The van der Waals surface area contributed by atoms with Crippen LogP contribution in [0.4, 0.5) is 0 Å². The number of hydrogen-bond donors (Lipinski definition) is 2. The third-order valence-electron chi connectivity index (χ3n) is 6.66. The monoisotopic (exact) mass is 605 g/mol. The van der Waals surface area contributed by atoms with Gasteiger partial charge in [0.2, 0.25) is 11.8 Å². The van der Waals surface area contributed by atoms with Crippen LogP contribution >= 0.6 is 11.3 Å². The van der Waals surface area contributed by atoms with Crippen molar-refractivity contribution in [2.75, 3.05) is 6.54 Å². The molecule has 2 amide bonds. The summed E-state index contributed by atoms with van der Waals surface area (Å²) in [4.78, 5) is 42.6. The van der Waals surface area contributed by atoms with Crippen LogP contribution < -0.4 is 10.6 Å². The zero-order valence-corrected chi connectivity index (χ0v) is 25.1. The van der Waals surface area contributed by atoms with E-state index in [1.807, 2.05) is 45.0 Å². The zero-order valence-electron chi connectivity index (χ0n) is 23.4. The van der Waals surface area contributed by atoms with Crippen LogP contribution in [0.2, 0.25) is 0 Å². The van der Waals surface area contributed by atoms with Gasteiger partial charge in [-0.1, -0.05) is 48.5 Å². The number of carbonyl (C=O) groups excluding carboxylic acids is 3. The maximum Gasteiger partial charge on any atom is 0.338 e. The molecule has 1 aromatic heterocycles. The van der Waals surface area contributed by atoms with Gasteiger partial charge in [-0.05, 0) is 68.1 Å². The summed E-state index contributed by atoms with van der Waals surface area (Å²) in [5, 5.41) is 3.83. The van der Waals surface area contributed by atoms with Gasteiger partial charge in [-0.25, -0.2) is 18.2 Å². The fourth-order valence-corrected chi connectivity index (χ4v) is 7.82. The minimum Gasteiger partial charge on any atom is -0.456 e. The van der Waals surface area contributed by atoms with Gasteiger partial charge >= 0.3 is 5.97 Å². The Morgan fingerprint density at radius 2 is 1.74 bits per heavy atom. The molecule has 2 N–H and O–H groups in total. The van der Waals surface area contributed by atoms with Gasteiger partial charge in [0.15, 0.2) is 15.1 Å². The third kappa shape index (κ3) is 6.69. The summed E-state index contributed by atoms with van der Waals surface area (Å²) in [6.45, 7) is 5.84. The van der Waals surface area contributed by atoms with Crippen molar-refractivity contribution in [3.05, 3.63) is 88.9 Å². The number of thiazole rings is 1. The number of sulfone groups is 1. The highest BCUT2D eigenvalue weighted by Gasteiger charge is 2.39. The maximum atomic E-state index is 13.7. The minimum absolute atomic E-state index is 0.134. The van der Waals surface area contributed by atoms with E-state index in [9.17, 15) is 22.8 Å². The summed E-state index contributed by atoms with van der Waals surface area (Å²) in [7, 11) is -4.06. The summed E-state index contributed by atoms with van der Waals surface area (Å²) in [6, 6.07) is 20.4. The molecule has 2 heterocycles. The van der Waals surface area contributed by atoms with E-state index >= 15 is 0 Å². The van der Waals surface area contributed by atoms with Crippen LogP contribution in [0.5, 0.6) is 0 Å². The van der Waals surface area contributed by atoms with E-state index in [4.69, 9.17) is 4.74 Å². The lowest BCUT2D eigenvalue weighted by atomic mass is 10.0. The number of fused-ring (bicyclic) bond motifs is 1. The molecule has 3 aromatic carbocycles. The highest BCUT2D eigenvalue weighted by Crippen LogP contribution is 2.35. The highest BCUT2D eigenvalue weighted by molar-refractivity contribution is 7.91. The van der Waals surface area contributed by atoms with Crippen LogP contribution in [0.25, 0.3) is 21.3 Å². The van der Waals surface area contributed by atoms with Gasteiger partial charge in [-0.3, -0.25) is 9.59 Å². The molecule has 0 saturated carbocycles. The number of carbonyl (C=O) groups is 3. The number of aromatic nitrogens is 1. The Hall–Kier alpha value is -4.09. The molecule has 5 rings (SSSR count). The predicted molar refractivity (Wildman–Crippen MR) is 162 cm³/mol. The number of esters is 1. The van der Waals surface area contributed by atoms with E-state index in [-0.39, 0.29) is 16.7 Å². The fraction of sp³-hybridized carbons (Fsp3) is 0.290. The summed E-state index contributed by atoms with van der Waals surface area (Å²) >= 11 is 1.13. The van der Waals surface area contributed by atoms with E-state index < -0.39 is 38.6 Å². The third-order valence-corrected chi connectivity index (χ3v) is 9.78. The molecule has 11 heteroatoms. The van der Waals surface area contributed by atoms with Crippen molar-refractivity contribution >= 4 is 49.2 Å². The minimum atomic E-state index is -4.06. The lowest BCUT2D eigenvalue weighted by molar-refractivity contribution is -0.127. The molecule has 218 valence electrons. The van der Waals surface area contributed by atoms with Gasteiger partial charge in [0.25, 0.3) is 0 Å². The van der Waals surface area contributed by atoms with Gasteiger partial charge in [0.05, 0.1) is 21.5 Å². The van der Waals surface area contributed by atoms with E-state index in [1.165, 1.54) is 0 Å². The number of rotatable bonds is 8. The van der Waals surface area contributed by atoms with E-state index in [2.05, 4.69) is 15.6 Å². The quantitative estimate of drug-likeness (QED) is 0.281. The molecule has 0 spiro atoms. The van der Waals surface area contributed by atoms with E-state index in [0.717, 1.165) is 22.5 Å². The SMILES string of the molecule is CC(C)(C)OC(=O)c1ccc(-c2ccc3nc(C(C(=O)N[C@@H]4CCNC4=O)S(=O)(=O)Cc4ccccc4)sc3c2)cc1. The standard InChI is InChI=1S/C31H31N3O6S2/c1-31(2,3)40-30(37)21-11-9-20(10-12-21)22-13-14-23-25(17-22)41-29(34-23)26(28(36)33-24-15-16-32-27(24)35)42(38,39)18-19-7-5-4-6-8-19/h4-14,17,24,26H,15-16,18H2,1-3H3,(H,32,35)(H,33,36)/t24-,26?/m1/s1. The molecule has 0 radical (unpaired) electrons. The lowest BCUT2D eigenvalue weighted by Crippen LogP contribution is -2.44. The molecular weight excluding hydrogens is 574 g/mol. The first kappa shape index (κ1) is 29.4. The molecule has 42 heavy (non-hydrogen) atoms. The van der Waals surface area contributed by atoms with Crippen molar-refractivity contribution in [1.82, 2.24) is 15.6 Å². The summed E-state index contributed by atoms with van der Waals surface area (Å²) in [6.07, 6.45) is 0.381. The van der Waals surface area contributed by atoms with Crippen LogP contribution in [0.1, 0.15) is 53.4 Å². The Morgan fingerprint density at radius 1 is 1.05 bits per heavy atom. The lowest BCUT2D eigenvalue weighted by Gasteiger charge is -2.19. The number of nitrogens with zero attached hydrogens (tertiary/aromatic N) is 1. The largest absolute Gasteiger partial charge is 0.456 e. The van der Waals surface area contributed by atoms with Crippen LogP contribution in [-0.2, 0) is 29.9 Å². The first-order valence-electron chi connectivity index (χ1n) is 13.5. The summed E-state index contributed by atoms with van der Waals surface area (Å²) < 4.78 is 33.5. The molecule has 1 aliphatic rings. The molecule has 0 aliphatic carbocycles. The van der Waals surface area contributed by atoms with Crippen LogP contribution in [0.15, 0.2) is 72.8 Å². The second kappa shape index (κ2) is 11.7. The second-order valence-corrected chi connectivity index (χ2v) is 14.3. The average molecular weight is 606 g/mol. The molecular formula is C31H31N3O6S2. The molecule has 1 fully saturated rings. The van der Waals surface area contributed by atoms with Crippen LogP contribution in [0.3, 0.4) is 0 Å². The normalized spacial score (nSPS) is 16.2. The van der Waals surface area contributed by atoms with Crippen molar-refractivity contribution in [2.24, 2.45) is 0 Å². The Labute approximate surface area is 248 Å². The second-order valence-electron chi connectivity index (χ2n) is 11.1. The molecule has 2 atom stereocenters. The van der Waals surface area contributed by atoms with Crippen molar-refractivity contribution in [2.45, 2.75) is 49.8 Å². The topological polar surface area (TPSA) is 132 Å². The van der Waals surface area contributed by atoms with Crippen molar-refractivity contribution in [3.8, 4) is 11.1 Å². The Bertz CT molecular complexity index is 1740. The first-order chi connectivity index (χ1) is 19.9. The zero-order chi connectivity index (χ0) is 30.1. The van der Waals surface area contributed by atoms with Gasteiger partial charge in [-0.15, -0.1) is 11.3 Å². The maximum absolute atomic E-state index is 13.7. The molecule has 9 nitrogen and oxygen atoms in total. The smallest absolute Gasteiger partial charge is 0.338 e. The highest BCUT2D eigenvalue weighted by atomic mass is 32.2. The Balaban J connectivity index is 1.46. The van der Waals surface area contributed by atoms with Gasteiger partial charge in [0.1, 0.15) is 16.7 Å². The Morgan fingerprint density at radius 3 is 2.38 bits per heavy atom. The van der Waals surface area contributed by atoms with Gasteiger partial charge < -0.3 is 15.4 Å². The average Bonchev–Trinajstić information content (AvgIpc) is 3.52. The number of nitrogens with one attached hydrogen (secondary N) is 2. The molecule has 1 aliphatic heterocycles. The van der Waals surface area contributed by atoms with Crippen LogP contribution in [0, 0.1) is 0 Å². The predicted octanol–water partition coefficient (Wildman–Crippen LogP) is 4.58. The molecule has 1 saturated heterocycles. The van der Waals surface area contributed by atoms with E-state index in [0.29, 0.717) is 34.3 Å². The number of amides is 2. The Kier molecular flexibility index (Phi) is 8.16. The fourth-order valence-electron chi connectivity index (χ4n) is 4.67. The number of hydrogen-bond acceptors (Lipinski definition) is 8. The van der Waals surface area contributed by atoms with E-state index in [1.54, 1.807) is 48.5 Å². The summed E-state index contributed by atoms with van der Waals surface area (Å²) in [5.41, 5.74) is 2.62. The molecule has 1 unspecified atom stereocenters. The van der Waals surface area contributed by atoms with Crippen LogP contribution in [-0.4, -0.2) is 49.4 Å². The number of ether oxygens (including phenoxy) is 1. The molecule has 4 aromatic rings.